The van der Waals surface area contributed by atoms with E-state index in [9.17, 15) is 9.18 Å². The largest absolute Gasteiger partial charge is 0.351 e. The molecule has 1 saturated heterocycles. The van der Waals surface area contributed by atoms with E-state index in [1.165, 1.54) is 6.42 Å². The normalized spacial score (nSPS) is 23.1. The lowest BCUT2D eigenvalue weighted by Crippen LogP contribution is -2.36. The van der Waals surface area contributed by atoms with E-state index in [1.54, 1.807) is 0 Å². The Balaban J connectivity index is 2.01. The van der Waals surface area contributed by atoms with Crippen LogP contribution < -0.4 is 5.32 Å². The zero-order valence-electron chi connectivity index (χ0n) is 10.0. The summed E-state index contributed by atoms with van der Waals surface area (Å²) in [7, 11) is 0. The third-order valence-corrected chi connectivity index (χ3v) is 4.81. The van der Waals surface area contributed by atoms with Crippen molar-refractivity contribution in [3.05, 3.63) is 28.8 Å². The van der Waals surface area contributed by atoms with E-state index in [0.717, 1.165) is 24.4 Å². The number of halogens is 2. The number of thioether (sulfide) groups is 1. The van der Waals surface area contributed by atoms with Crippen LogP contribution in [0.2, 0.25) is 5.15 Å². The van der Waals surface area contributed by atoms with E-state index >= 15 is 0 Å². The van der Waals surface area contributed by atoms with Crippen molar-refractivity contribution < 1.29 is 9.18 Å². The van der Waals surface area contributed by atoms with Crippen molar-refractivity contribution >= 4 is 29.3 Å². The maximum atomic E-state index is 13.0. The van der Waals surface area contributed by atoms with Crippen LogP contribution in [0.4, 0.5) is 4.39 Å². The number of hydrogen-bond donors (Lipinski definition) is 1. The predicted octanol–water partition coefficient (Wildman–Crippen LogP) is 2.89. The number of hydrogen-bond acceptors (Lipinski definition) is 3. The van der Waals surface area contributed by atoms with Crippen LogP contribution in [0.1, 0.15) is 30.1 Å². The molecule has 0 aliphatic carbocycles. The van der Waals surface area contributed by atoms with Gasteiger partial charge in [-0.15, -0.1) is 0 Å². The minimum Gasteiger partial charge on any atom is -0.351 e. The highest BCUT2D eigenvalue weighted by Crippen LogP contribution is 2.37. The van der Waals surface area contributed by atoms with Gasteiger partial charge in [0.2, 0.25) is 0 Å². The monoisotopic (exact) mass is 288 g/mol. The van der Waals surface area contributed by atoms with Crippen LogP contribution in [0.3, 0.4) is 0 Å². The zero-order chi connectivity index (χ0) is 13.2. The van der Waals surface area contributed by atoms with Gasteiger partial charge in [0.15, 0.2) is 0 Å². The molecule has 1 fully saturated rings. The molecule has 18 heavy (non-hydrogen) atoms. The third-order valence-electron chi connectivity index (χ3n) is 2.97. The molecule has 0 radical (unpaired) electrons. The molecule has 6 heteroatoms. The van der Waals surface area contributed by atoms with Crippen LogP contribution in [-0.4, -0.2) is 27.9 Å². The molecule has 2 heterocycles. The van der Waals surface area contributed by atoms with Gasteiger partial charge in [0, 0.05) is 11.3 Å². The second-order valence-corrected chi connectivity index (χ2v) is 6.62. The van der Waals surface area contributed by atoms with Gasteiger partial charge in [-0.25, -0.2) is 9.37 Å². The quantitative estimate of drug-likeness (QED) is 0.870. The SMILES string of the molecule is CC1(CNC(=O)c2cc(F)cnc2Cl)CCCS1. The van der Waals surface area contributed by atoms with Gasteiger partial charge in [-0.1, -0.05) is 11.6 Å². The molecule has 98 valence electrons. The first-order valence-corrected chi connectivity index (χ1v) is 7.10. The number of amides is 1. The molecule has 0 aromatic carbocycles. The number of pyridine rings is 1. The van der Waals surface area contributed by atoms with Gasteiger partial charge in [-0.2, -0.15) is 11.8 Å². The topological polar surface area (TPSA) is 42.0 Å². The van der Waals surface area contributed by atoms with E-state index < -0.39 is 5.82 Å². The summed E-state index contributed by atoms with van der Waals surface area (Å²) in [4.78, 5) is 15.5. The van der Waals surface area contributed by atoms with Gasteiger partial charge in [0.1, 0.15) is 11.0 Å². The molecule has 2 rings (SSSR count). The van der Waals surface area contributed by atoms with Crippen molar-refractivity contribution in [3.8, 4) is 0 Å². The number of rotatable bonds is 3. The number of aromatic nitrogens is 1. The summed E-state index contributed by atoms with van der Waals surface area (Å²) in [5, 5.41) is 2.82. The first-order valence-electron chi connectivity index (χ1n) is 5.73. The highest BCUT2D eigenvalue weighted by Gasteiger charge is 2.30. The molecule has 1 aliphatic heterocycles. The summed E-state index contributed by atoms with van der Waals surface area (Å²) in [6, 6.07) is 1.11. The average Bonchev–Trinajstić information content (AvgIpc) is 2.77. The van der Waals surface area contributed by atoms with Crippen molar-refractivity contribution in [1.82, 2.24) is 10.3 Å². The maximum absolute atomic E-state index is 13.0. The number of nitrogens with one attached hydrogen (secondary N) is 1. The highest BCUT2D eigenvalue weighted by atomic mass is 35.5. The van der Waals surface area contributed by atoms with E-state index in [0.29, 0.717) is 6.54 Å². The lowest BCUT2D eigenvalue weighted by Gasteiger charge is -2.22. The van der Waals surface area contributed by atoms with Gasteiger partial charge in [-0.3, -0.25) is 4.79 Å². The molecule has 1 unspecified atom stereocenters. The molecule has 1 N–H and O–H groups in total. The van der Waals surface area contributed by atoms with E-state index in [-0.39, 0.29) is 21.4 Å². The Labute approximate surface area is 115 Å². The Bertz CT molecular complexity index is 463. The summed E-state index contributed by atoms with van der Waals surface area (Å²) in [5.74, 6) is 0.181. The Morgan fingerprint density at radius 1 is 1.72 bits per heavy atom. The van der Waals surface area contributed by atoms with E-state index in [1.807, 2.05) is 11.8 Å². The van der Waals surface area contributed by atoms with Gasteiger partial charge >= 0.3 is 0 Å². The van der Waals surface area contributed by atoms with Crippen LogP contribution in [0.15, 0.2) is 12.3 Å². The summed E-state index contributed by atoms with van der Waals surface area (Å²) in [5.41, 5.74) is 0.0864. The van der Waals surface area contributed by atoms with E-state index in [4.69, 9.17) is 11.6 Å². The molecule has 1 aromatic rings. The average molecular weight is 289 g/mol. The van der Waals surface area contributed by atoms with Gasteiger partial charge in [0.05, 0.1) is 11.8 Å². The minimum absolute atomic E-state index is 0.0260. The second-order valence-electron chi connectivity index (χ2n) is 4.58. The molecule has 1 aromatic heterocycles. The molecule has 1 amide bonds. The summed E-state index contributed by atoms with van der Waals surface area (Å²) >= 11 is 7.63. The molecular weight excluding hydrogens is 275 g/mol. The zero-order valence-corrected chi connectivity index (χ0v) is 11.6. The minimum atomic E-state index is -0.564. The molecule has 0 bridgehead atoms. The summed E-state index contributed by atoms with van der Waals surface area (Å²) in [6.45, 7) is 2.68. The standard InChI is InChI=1S/C12H14ClFN2OS/c1-12(3-2-4-18-12)7-16-11(17)9-5-8(14)6-15-10(9)13/h5-6H,2-4,7H2,1H3,(H,16,17). The van der Waals surface area contributed by atoms with Crippen LogP contribution in [0.25, 0.3) is 0 Å². The summed E-state index contributed by atoms with van der Waals surface area (Å²) < 4.78 is 13.1. The fourth-order valence-electron chi connectivity index (χ4n) is 1.92. The van der Waals surface area contributed by atoms with Gasteiger partial charge in [-0.05, 0) is 31.6 Å². The van der Waals surface area contributed by atoms with Crippen LogP contribution in [-0.2, 0) is 0 Å². The molecule has 3 nitrogen and oxygen atoms in total. The van der Waals surface area contributed by atoms with Crippen molar-refractivity contribution in [2.24, 2.45) is 0 Å². The van der Waals surface area contributed by atoms with Crippen LogP contribution in [0, 0.1) is 5.82 Å². The van der Waals surface area contributed by atoms with E-state index in [2.05, 4.69) is 17.2 Å². The van der Waals surface area contributed by atoms with Crippen molar-refractivity contribution in [2.75, 3.05) is 12.3 Å². The maximum Gasteiger partial charge on any atom is 0.254 e. The van der Waals surface area contributed by atoms with Crippen molar-refractivity contribution in [3.63, 3.8) is 0 Å². The Morgan fingerprint density at radius 2 is 2.50 bits per heavy atom. The van der Waals surface area contributed by atoms with Crippen LogP contribution >= 0.6 is 23.4 Å². The molecule has 1 aliphatic rings. The second kappa shape index (κ2) is 5.45. The predicted molar refractivity (Wildman–Crippen MR) is 71.6 cm³/mol. The van der Waals surface area contributed by atoms with Gasteiger partial charge < -0.3 is 5.32 Å². The first-order chi connectivity index (χ1) is 8.50. The Kier molecular flexibility index (Phi) is 4.12. The summed E-state index contributed by atoms with van der Waals surface area (Å²) in [6.07, 6.45) is 3.24. The Morgan fingerprint density at radius 3 is 3.17 bits per heavy atom. The van der Waals surface area contributed by atoms with Crippen LogP contribution in [0.5, 0.6) is 0 Å². The number of carbonyl (C=O) groups excluding carboxylic acids is 1. The third kappa shape index (κ3) is 3.14. The lowest BCUT2D eigenvalue weighted by atomic mass is 10.1. The van der Waals surface area contributed by atoms with Crippen molar-refractivity contribution in [1.29, 1.82) is 0 Å². The first kappa shape index (κ1) is 13.6. The van der Waals surface area contributed by atoms with Gasteiger partial charge in [0.25, 0.3) is 5.91 Å². The number of nitrogens with zero attached hydrogens (tertiary/aromatic N) is 1. The molecule has 1 atom stereocenters. The fraction of sp³-hybridized carbons (Fsp3) is 0.500. The molecule has 0 saturated carbocycles. The molecule has 0 spiro atoms. The highest BCUT2D eigenvalue weighted by molar-refractivity contribution is 8.00. The smallest absolute Gasteiger partial charge is 0.254 e. The lowest BCUT2D eigenvalue weighted by molar-refractivity contribution is 0.0949. The number of carbonyl (C=O) groups is 1. The fourth-order valence-corrected chi connectivity index (χ4v) is 3.35. The molecular formula is C12H14ClFN2OS. The Hall–Kier alpha value is -0.810. The van der Waals surface area contributed by atoms with Crippen molar-refractivity contribution in [2.45, 2.75) is 24.5 Å².